The van der Waals surface area contributed by atoms with Crippen molar-refractivity contribution in [2.24, 2.45) is 11.7 Å². The zero-order valence-corrected chi connectivity index (χ0v) is 13.1. The van der Waals surface area contributed by atoms with Crippen LogP contribution in [0.3, 0.4) is 0 Å². The van der Waals surface area contributed by atoms with E-state index in [2.05, 4.69) is 10.3 Å². The van der Waals surface area contributed by atoms with Gasteiger partial charge < -0.3 is 15.8 Å². The molecule has 6 heteroatoms. The van der Waals surface area contributed by atoms with E-state index in [0.29, 0.717) is 22.9 Å². The van der Waals surface area contributed by atoms with Gasteiger partial charge in [-0.1, -0.05) is 19.9 Å². The van der Waals surface area contributed by atoms with Crippen LogP contribution in [0.1, 0.15) is 30.6 Å². The molecule has 1 aromatic carbocycles. The summed E-state index contributed by atoms with van der Waals surface area (Å²) in [5.41, 5.74) is 6.19. The Morgan fingerprint density at radius 3 is 2.70 bits per heavy atom. The van der Waals surface area contributed by atoms with Crippen molar-refractivity contribution in [1.29, 1.82) is 0 Å². The van der Waals surface area contributed by atoms with Gasteiger partial charge in [0.25, 0.3) is 0 Å². The third kappa shape index (κ3) is 4.54. The maximum atomic E-state index is 11.8. The summed E-state index contributed by atoms with van der Waals surface area (Å²) in [7, 11) is 0. The van der Waals surface area contributed by atoms with Crippen LogP contribution in [-0.2, 0) is 4.79 Å². The Hall–Kier alpha value is -2.89. The van der Waals surface area contributed by atoms with Crippen LogP contribution >= 0.6 is 0 Å². The fourth-order valence-electron chi connectivity index (χ4n) is 1.80. The quantitative estimate of drug-likeness (QED) is 0.857. The Morgan fingerprint density at radius 2 is 2.09 bits per heavy atom. The van der Waals surface area contributed by atoms with E-state index in [1.807, 2.05) is 13.8 Å². The van der Waals surface area contributed by atoms with Crippen molar-refractivity contribution < 1.29 is 14.3 Å². The second kappa shape index (κ2) is 7.40. The van der Waals surface area contributed by atoms with Gasteiger partial charge in [0.15, 0.2) is 0 Å². The van der Waals surface area contributed by atoms with Crippen LogP contribution in [0, 0.1) is 5.92 Å². The number of carbonyl (C=O) groups is 2. The third-order valence-corrected chi connectivity index (χ3v) is 3.40. The minimum atomic E-state index is -0.522. The van der Waals surface area contributed by atoms with Gasteiger partial charge in [0.05, 0.1) is 11.9 Å². The number of rotatable bonds is 6. The summed E-state index contributed by atoms with van der Waals surface area (Å²) in [4.78, 5) is 27.1. The number of nitrogens with one attached hydrogen (secondary N) is 1. The molecule has 0 aliphatic heterocycles. The Kier molecular flexibility index (Phi) is 5.30. The van der Waals surface area contributed by atoms with Crippen molar-refractivity contribution in [3.05, 3.63) is 48.2 Å². The van der Waals surface area contributed by atoms with E-state index >= 15 is 0 Å². The topological polar surface area (TPSA) is 94.3 Å². The fraction of sp³-hybridized carbons (Fsp3) is 0.235. The predicted octanol–water partition coefficient (Wildman–Crippen LogP) is 2.96. The fourth-order valence-corrected chi connectivity index (χ4v) is 1.80. The van der Waals surface area contributed by atoms with Crippen molar-refractivity contribution in [2.75, 3.05) is 5.32 Å². The first kappa shape index (κ1) is 16.5. The smallest absolute Gasteiger partial charge is 0.248 e. The van der Waals surface area contributed by atoms with E-state index in [1.54, 1.807) is 36.4 Å². The first-order valence-corrected chi connectivity index (χ1v) is 7.34. The summed E-state index contributed by atoms with van der Waals surface area (Å²) in [5, 5.41) is 2.79. The zero-order chi connectivity index (χ0) is 16.8. The number of amides is 2. The molecular weight excluding hydrogens is 294 g/mol. The number of carbonyl (C=O) groups excluding carboxylic acids is 2. The number of aromatic nitrogens is 1. The largest absolute Gasteiger partial charge is 0.439 e. The average Bonchev–Trinajstić information content (AvgIpc) is 2.56. The Morgan fingerprint density at radius 1 is 1.30 bits per heavy atom. The summed E-state index contributed by atoms with van der Waals surface area (Å²) >= 11 is 0. The van der Waals surface area contributed by atoms with Gasteiger partial charge in [0, 0.05) is 17.5 Å². The van der Waals surface area contributed by atoms with Gasteiger partial charge in [-0.15, -0.1) is 0 Å². The van der Waals surface area contributed by atoms with Gasteiger partial charge in [-0.3, -0.25) is 9.59 Å². The molecule has 0 saturated heterocycles. The van der Waals surface area contributed by atoms with Crippen LogP contribution in [0.4, 0.5) is 5.69 Å². The van der Waals surface area contributed by atoms with Gasteiger partial charge in [-0.2, -0.15) is 0 Å². The zero-order valence-electron chi connectivity index (χ0n) is 13.1. The van der Waals surface area contributed by atoms with Gasteiger partial charge >= 0.3 is 0 Å². The molecule has 0 unspecified atom stereocenters. The minimum Gasteiger partial charge on any atom is -0.439 e. The van der Waals surface area contributed by atoms with Crippen molar-refractivity contribution in [3.63, 3.8) is 0 Å². The van der Waals surface area contributed by atoms with Gasteiger partial charge in [0.2, 0.25) is 17.7 Å². The molecule has 0 radical (unpaired) electrons. The molecule has 0 saturated carbocycles. The second-order valence-corrected chi connectivity index (χ2v) is 5.18. The first-order valence-electron chi connectivity index (χ1n) is 7.34. The molecule has 0 fully saturated rings. The number of primary amides is 1. The molecule has 2 aromatic rings. The van der Waals surface area contributed by atoms with Crippen molar-refractivity contribution >= 4 is 17.5 Å². The highest BCUT2D eigenvalue weighted by Crippen LogP contribution is 2.21. The lowest BCUT2D eigenvalue weighted by molar-refractivity contribution is -0.119. The second-order valence-electron chi connectivity index (χ2n) is 5.18. The molecule has 1 heterocycles. The number of nitrogens with zero attached hydrogens (tertiary/aromatic N) is 1. The number of nitrogens with two attached hydrogens (primary N) is 1. The number of anilines is 1. The summed E-state index contributed by atoms with van der Waals surface area (Å²) in [6, 6.07) is 9.88. The summed E-state index contributed by atoms with van der Waals surface area (Å²) in [5.74, 6) is 0.199. The number of pyridine rings is 1. The lowest BCUT2D eigenvalue weighted by Gasteiger charge is -2.10. The Balaban J connectivity index is 2.04. The van der Waals surface area contributed by atoms with Crippen LogP contribution in [0.15, 0.2) is 42.6 Å². The highest BCUT2D eigenvalue weighted by atomic mass is 16.5. The van der Waals surface area contributed by atoms with E-state index in [1.165, 1.54) is 6.20 Å². The van der Waals surface area contributed by atoms with E-state index in [-0.39, 0.29) is 11.8 Å². The van der Waals surface area contributed by atoms with Crippen LogP contribution in [-0.4, -0.2) is 16.8 Å². The standard InChI is InChI=1S/C17H19N3O3/c1-3-11(2)17(22)20-13-7-8-15(19-10-13)23-14-6-4-5-12(9-14)16(18)21/h4-11H,3H2,1-2H3,(H2,18,21)(H,20,22)/t11-/m0/s1. The van der Waals surface area contributed by atoms with Crippen LogP contribution in [0.5, 0.6) is 11.6 Å². The molecule has 120 valence electrons. The van der Waals surface area contributed by atoms with E-state index in [4.69, 9.17) is 10.5 Å². The van der Waals surface area contributed by atoms with Gasteiger partial charge in [-0.05, 0) is 30.7 Å². The van der Waals surface area contributed by atoms with Crippen molar-refractivity contribution in [2.45, 2.75) is 20.3 Å². The van der Waals surface area contributed by atoms with E-state index < -0.39 is 5.91 Å². The minimum absolute atomic E-state index is 0.0443. The normalized spacial score (nSPS) is 11.6. The Bertz CT molecular complexity index is 698. The molecular formula is C17H19N3O3. The maximum Gasteiger partial charge on any atom is 0.248 e. The molecule has 0 spiro atoms. The highest BCUT2D eigenvalue weighted by molar-refractivity contribution is 5.93. The average molecular weight is 313 g/mol. The van der Waals surface area contributed by atoms with Crippen molar-refractivity contribution in [3.8, 4) is 11.6 Å². The first-order chi connectivity index (χ1) is 11.0. The lowest BCUT2D eigenvalue weighted by Crippen LogP contribution is -2.19. The molecule has 1 atom stereocenters. The summed E-state index contributed by atoms with van der Waals surface area (Å²) in [6.07, 6.45) is 2.30. The predicted molar refractivity (Wildman–Crippen MR) is 87.4 cm³/mol. The number of ether oxygens (including phenoxy) is 1. The number of hydrogen-bond acceptors (Lipinski definition) is 4. The monoisotopic (exact) mass is 313 g/mol. The van der Waals surface area contributed by atoms with E-state index in [9.17, 15) is 9.59 Å². The number of hydrogen-bond donors (Lipinski definition) is 2. The lowest BCUT2D eigenvalue weighted by atomic mass is 10.1. The molecule has 6 nitrogen and oxygen atoms in total. The third-order valence-electron chi connectivity index (χ3n) is 3.40. The van der Waals surface area contributed by atoms with Crippen LogP contribution < -0.4 is 15.8 Å². The summed E-state index contributed by atoms with van der Waals surface area (Å²) in [6.45, 7) is 3.83. The van der Waals surface area contributed by atoms with Crippen LogP contribution in [0.2, 0.25) is 0 Å². The Labute approximate surface area is 134 Å². The summed E-state index contributed by atoms with van der Waals surface area (Å²) < 4.78 is 5.57. The maximum absolute atomic E-state index is 11.8. The number of benzene rings is 1. The molecule has 0 bridgehead atoms. The molecule has 1 aromatic heterocycles. The molecule has 23 heavy (non-hydrogen) atoms. The van der Waals surface area contributed by atoms with E-state index in [0.717, 1.165) is 6.42 Å². The van der Waals surface area contributed by atoms with Crippen LogP contribution in [0.25, 0.3) is 0 Å². The van der Waals surface area contributed by atoms with Gasteiger partial charge in [0.1, 0.15) is 5.75 Å². The van der Waals surface area contributed by atoms with Gasteiger partial charge in [-0.25, -0.2) is 4.98 Å². The van der Waals surface area contributed by atoms with Crippen molar-refractivity contribution in [1.82, 2.24) is 4.98 Å². The highest BCUT2D eigenvalue weighted by Gasteiger charge is 2.11. The molecule has 2 rings (SSSR count). The molecule has 0 aliphatic rings. The molecule has 2 amide bonds. The molecule has 0 aliphatic carbocycles. The molecule has 3 N–H and O–H groups in total. The SMILES string of the molecule is CC[C@H](C)C(=O)Nc1ccc(Oc2cccc(C(N)=O)c2)nc1.